The lowest BCUT2D eigenvalue weighted by atomic mass is 10.2. The minimum Gasteiger partial charge on any atom is -0.396 e. The van der Waals surface area contributed by atoms with Gasteiger partial charge in [0.15, 0.2) is 0 Å². The van der Waals surface area contributed by atoms with Gasteiger partial charge in [-0.15, -0.1) is 11.3 Å². The Morgan fingerprint density at radius 3 is 3.29 bits per heavy atom. The summed E-state index contributed by atoms with van der Waals surface area (Å²) in [6, 6.07) is 0. The quantitative estimate of drug-likeness (QED) is 0.831. The van der Waals surface area contributed by atoms with Crippen molar-refractivity contribution >= 4 is 11.3 Å². The molecule has 0 aliphatic carbocycles. The highest BCUT2D eigenvalue weighted by molar-refractivity contribution is 7.09. The molecular formula is C10H15NO2S. The van der Waals surface area contributed by atoms with E-state index in [1.807, 2.05) is 0 Å². The number of aromatic nitrogens is 1. The van der Waals surface area contributed by atoms with Gasteiger partial charge in [0.25, 0.3) is 0 Å². The predicted octanol–water partition coefficient (Wildman–Crippen LogP) is 1.92. The van der Waals surface area contributed by atoms with Crippen LogP contribution in [0.15, 0.2) is 5.38 Å². The summed E-state index contributed by atoms with van der Waals surface area (Å²) in [6.45, 7) is 1.11. The molecule has 78 valence electrons. The van der Waals surface area contributed by atoms with Crippen LogP contribution in [0.2, 0.25) is 0 Å². The first kappa shape index (κ1) is 10.1. The number of thiazole rings is 1. The van der Waals surface area contributed by atoms with Crippen LogP contribution in [0, 0.1) is 0 Å². The molecule has 0 spiro atoms. The summed E-state index contributed by atoms with van der Waals surface area (Å²) < 4.78 is 5.55. The summed E-state index contributed by atoms with van der Waals surface area (Å²) in [5.74, 6) is 0. The Hall–Kier alpha value is -0.450. The van der Waals surface area contributed by atoms with Crippen LogP contribution in [0.1, 0.15) is 36.1 Å². The third-order valence-corrected chi connectivity index (χ3v) is 3.30. The fourth-order valence-electron chi connectivity index (χ4n) is 1.63. The zero-order valence-corrected chi connectivity index (χ0v) is 8.92. The van der Waals surface area contributed by atoms with E-state index in [2.05, 4.69) is 10.4 Å². The maximum atomic E-state index is 8.70. The second kappa shape index (κ2) is 4.87. The van der Waals surface area contributed by atoms with Crippen molar-refractivity contribution in [1.29, 1.82) is 0 Å². The van der Waals surface area contributed by atoms with Gasteiger partial charge in [0.1, 0.15) is 6.10 Å². The summed E-state index contributed by atoms with van der Waals surface area (Å²) >= 11 is 1.67. The van der Waals surface area contributed by atoms with Gasteiger partial charge in [-0.3, -0.25) is 0 Å². The van der Waals surface area contributed by atoms with Crippen molar-refractivity contribution in [2.24, 2.45) is 0 Å². The summed E-state index contributed by atoms with van der Waals surface area (Å²) in [7, 11) is 0. The van der Waals surface area contributed by atoms with Crippen LogP contribution in [0.25, 0.3) is 0 Å². The zero-order chi connectivity index (χ0) is 9.80. The Balaban J connectivity index is 1.94. The van der Waals surface area contributed by atoms with Gasteiger partial charge in [-0.05, 0) is 19.3 Å². The van der Waals surface area contributed by atoms with E-state index in [1.54, 1.807) is 11.3 Å². The molecule has 3 nitrogen and oxygen atoms in total. The van der Waals surface area contributed by atoms with Gasteiger partial charge >= 0.3 is 0 Å². The Morgan fingerprint density at radius 1 is 1.64 bits per heavy atom. The van der Waals surface area contributed by atoms with Crippen LogP contribution >= 0.6 is 11.3 Å². The van der Waals surface area contributed by atoms with Gasteiger partial charge < -0.3 is 9.84 Å². The third-order valence-electron chi connectivity index (χ3n) is 2.38. The van der Waals surface area contributed by atoms with Crippen LogP contribution in [0.5, 0.6) is 0 Å². The molecule has 1 aromatic rings. The van der Waals surface area contributed by atoms with Crippen LogP contribution in [-0.4, -0.2) is 23.3 Å². The fourth-order valence-corrected chi connectivity index (χ4v) is 2.51. The fraction of sp³-hybridized carbons (Fsp3) is 0.700. The van der Waals surface area contributed by atoms with Crippen LogP contribution in [0.3, 0.4) is 0 Å². The van der Waals surface area contributed by atoms with E-state index in [0.717, 1.165) is 43.0 Å². The highest BCUT2D eigenvalue weighted by Crippen LogP contribution is 2.29. The first-order chi connectivity index (χ1) is 6.90. The van der Waals surface area contributed by atoms with E-state index < -0.39 is 0 Å². The smallest absolute Gasteiger partial charge is 0.100 e. The van der Waals surface area contributed by atoms with E-state index >= 15 is 0 Å². The SMILES string of the molecule is OCCCc1nc(C2CCCO2)cs1. The number of aliphatic hydroxyl groups excluding tert-OH is 1. The molecule has 1 atom stereocenters. The lowest BCUT2D eigenvalue weighted by Gasteiger charge is -2.03. The molecule has 1 saturated heterocycles. The molecule has 2 heterocycles. The molecule has 4 heteroatoms. The average molecular weight is 213 g/mol. The van der Waals surface area contributed by atoms with Crippen molar-refractivity contribution in [2.75, 3.05) is 13.2 Å². The van der Waals surface area contributed by atoms with Crippen LogP contribution in [0.4, 0.5) is 0 Å². The number of hydrogen-bond acceptors (Lipinski definition) is 4. The van der Waals surface area contributed by atoms with Gasteiger partial charge in [0.2, 0.25) is 0 Å². The van der Waals surface area contributed by atoms with E-state index in [0.29, 0.717) is 0 Å². The Kier molecular flexibility index (Phi) is 3.50. The summed E-state index contributed by atoms with van der Waals surface area (Å²) in [6.07, 6.45) is 4.16. The van der Waals surface area contributed by atoms with Crippen LogP contribution < -0.4 is 0 Å². The zero-order valence-electron chi connectivity index (χ0n) is 8.11. The lowest BCUT2D eigenvalue weighted by molar-refractivity contribution is 0.109. The lowest BCUT2D eigenvalue weighted by Crippen LogP contribution is -1.96. The minimum absolute atomic E-state index is 0.231. The molecule has 0 saturated carbocycles. The van der Waals surface area contributed by atoms with Crippen molar-refractivity contribution in [1.82, 2.24) is 4.98 Å². The normalized spacial score (nSPS) is 21.6. The van der Waals surface area contributed by atoms with Gasteiger partial charge in [0.05, 0.1) is 10.7 Å². The second-order valence-electron chi connectivity index (χ2n) is 3.49. The number of aryl methyl sites for hydroxylation is 1. The number of ether oxygens (including phenoxy) is 1. The van der Waals surface area contributed by atoms with Crippen molar-refractivity contribution < 1.29 is 9.84 Å². The standard InChI is InChI=1S/C10H15NO2S/c12-5-1-4-10-11-8(7-14-10)9-3-2-6-13-9/h7,9,12H,1-6H2. The highest BCUT2D eigenvalue weighted by Gasteiger charge is 2.20. The van der Waals surface area contributed by atoms with E-state index in [9.17, 15) is 0 Å². The average Bonchev–Trinajstić information content (AvgIpc) is 2.85. The predicted molar refractivity (Wildman–Crippen MR) is 55.4 cm³/mol. The Bertz CT molecular complexity index is 281. The van der Waals surface area contributed by atoms with E-state index in [4.69, 9.17) is 9.84 Å². The second-order valence-corrected chi connectivity index (χ2v) is 4.44. The molecule has 1 aromatic heterocycles. The molecule has 1 aliphatic rings. The first-order valence-electron chi connectivity index (χ1n) is 5.07. The van der Waals surface area contributed by atoms with Crippen molar-refractivity contribution in [3.63, 3.8) is 0 Å². The molecule has 0 aromatic carbocycles. The molecule has 2 rings (SSSR count). The number of hydrogen-bond donors (Lipinski definition) is 1. The Labute approximate surface area is 87.7 Å². The summed E-state index contributed by atoms with van der Waals surface area (Å²) in [5.41, 5.74) is 1.08. The molecule has 1 fully saturated rings. The van der Waals surface area contributed by atoms with Crippen molar-refractivity contribution in [2.45, 2.75) is 31.8 Å². The van der Waals surface area contributed by atoms with Gasteiger partial charge in [-0.25, -0.2) is 4.98 Å². The van der Waals surface area contributed by atoms with Crippen LogP contribution in [-0.2, 0) is 11.2 Å². The molecule has 14 heavy (non-hydrogen) atoms. The monoisotopic (exact) mass is 213 g/mol. The number of nitrogens with zero attached hydrogens (tertiary/aromatic N) is 1. The molecule has 0 radical (unpaired) electrons. The molecule has 1 N–H and O–H groups in total. The Morgan fingerprint density at radius 2 is 2.57 bits per heavy atom. The maximum Gasteiger partial charge on any atom is 0.100 e. The highest BCUT2D eigenvalue weighted by atomic mass is 32.1. The van der Waals surface area contributed by atoms with E-state index in [1.165, 1.54) is 0 Å². The molecule has 1 unspecified atom stereocenters. The van der Waals surface area contributed by atoms with Crippen molar-refractivity contribution in [3.05, 3.63) is 16.1 Å². The first-order valence-corrected chi connectivity index (χ1v) is 5.95. The summed E-state index contributed by atoms with van der Waals surface area (Å²) in [5, 5.41) is 11.9. The van der Waals surface area contributed by atoms with Gasteiger partial charge in [-0.1, -0.05) is 0 Å². The van der Waals surface area contributed by atoms with E-state index in [-0.39, 0.29) is 12.7 Å². The molecular weight excluding hydrogens is 198 g/mol. The number of rotatable bonds is 4. The molecule has 1 aliphatic heterocycles. The topological polar surface area (TPSA) is 42.4 Å². The van der Waals surface area contributed by atoms with Gasteiger partial charge in [-0.2, -0.15) is 0 Å². The van der Waals surface area contributed by atoms with Crippen molar-refractivity contribution in [3.8, 4) is 0 Å². The van der Waals surface area contributed by atoms with Gasteiger partial charge in [0, 0.05) is 25.0 Å². The molecule has 0 bridgehead atoms. The third kappa shape index (κ3) is 2.32. The summed E-state index contributed by atoms with van der Waals surface area (Å²) in [4.78, 5) is 4.51. The number of aliphatic hydroxyl groups is 1. The maximum absolute atomic E-state index is 8.70. The minimum atomic E-state index is 0.231. The molecule has 0 amide bonds. The largest absolute Gasteiger partial charge is 0.396 e.